The number of hydrogen-bond donors (Lipinski definition) is 2. The molecule has 0 fully saturated rings. The summed E-state index contributed by atoms with van der Waals surface area (Å²) in [6.07, 6.45) is -0.0378. The van der Waals surface area contributed by atoms with E-state index in [1.165, 1.54) is 14.1 Å². The lowest BCUT2D eigenvalue weighted by Crippen LogP contribution is -2.32. The van der Waals surface area contributed by atoms with Crippen molar-refractivity contribution in [3.8, 4) is 0 Å². The third-order valence-electron chi connectivity index (χ3n) is 2.65. The molecule has 0 bridgehead atoms. The second-order valence-electron chi connectivity index (χ2n) is 4.06. The summed E-state index contributed by atoms with van der Waals surface area (Å²) in [5.41, 5.74) is 5.00. The number of nitrogens with two attached hydrogens (primary N) is 1. The van der Waals surface area contributed by atoms with Gasteiger partial charge in [0.05, 0.1) is 5.69 Å². The zero-order valence-corrected chi connectivity index (χ0v) is 12.6. The van der Waals surface area contributed by atoms with Gasteiger partial charge in [-0.3, -0.25) is 4.79 Å². The highest BCUT2D eigenvalue weighted by Gasteiger charge is 2.26. The van der Waals surface area contributed by atoms with Crippen LogP contribution in [0.4, 0.5) is 10.1 Å². The quantitative estimate of drug-likeness (QED) is 0.785. The van der Waals surface area contributed by atoms with Crippen molar-refractivity contribution in [2.24, 2.45) is 0 Å². The van der Waals surface area contributed by atoms with E-state index >= 15 is 0 Å². The van der Waals surface area contributed by atoms with Gasteiger partial charge in [-0.05, 0) is 12.1 Å². The van der Waals surface area contributed by atoms with E-state index in [2.05, 4.69) is 5.32 Å². The topological polar surface area (TPSA) is 92.5 Å². The van der Waals surface area contributed by atoms with E-state index in [0.29, 0.717) is 0 Å². The first kappa shape index (κ1) is 16.7. The maximum atomic E-state index is 13.8. The summed E-state index contributed by atoms with van der Waals surface area (Å²) in [4.78, 5) is 10.5. The molecule has 20 heavy (non-hydrogen) atoms. The Kier molecular flexibility index (Phi) is 5.32. The minimum Gasteiger partial charge on any atom is -0.396 e. The van der Waals surface area contributed by atoms with Crippen molar-refractivity contribution in [1.29, 1.82) is 0 Å². The van der Waals surface area contributed by atoms with Crippen molar-refractivity contribution in [2.75, 3.05) is 26.4 Å². The zero-order valence-electron chi connectivity index (χ0n) is 11.0. The molecule has 0 aliphatic carbocycles. The summed E-state index contributed by atoms with van der Waals surface area (Å²) >= 11 is 5.69. The molecule has 6 nitrogen and oxygen atoms in total. The van der Waals surface area contributed by atoms with E-state index in [1.807, 2.05) is 0 Å². The first-order valence-corrected chi connectivity index (χ1v) is 7.43. The number of carbonyl (C=O) groups is 1. The van der Waals surface area contributed by atoms with Crippen LogP contribution in [0, 0.1) is 5.82 Å². The molecule has 0 heterocycles. The predicted molar refractivity (Wildman–Crippen MR) is 74.3 cm³/mol. The largest absolute Gasteiger partial charge is 0.396 e. The number of hydrogen-bond acceptors (Lipinski definition) is 4. The van der Waals surface area contributed by atoms with Crippen molar-refractivity contribution in [2.45, 2.75) is 11.3 Å². The van der Waals surface area contributed by atoms with Crippen molar-refractivity contribution < 1.29 is 17.6 Å². The monoisotopic (exact) mass is 323 g/mol. The maximum Gasteiger partial charge on any atom is 0.245 e. The van der Waals surface area contributed by atoms with Crippen LogP contribution in [0.2, 0.25) is 5.02 Å². The van der Waals surface area contributed by atoms with E-state index < -0.39 is 20.7 Å². The average Bonchev–Trinajstić information content (AvgIpc) is 2.39. The first-order valence-electron chi connectivity index (χ1n) is 5.61. The first-order chi connectivity index (χ1) is 9.20. The van der Waals surface area contributed by atoms with Gasteiger partial charge in [0.2, 0.25) is 15.9 Å². The Bertz CT molecular complexity index is 622. The molecular weight excluding hydrogens is 309 g/mol. The molecule has 1 rings (SSSR count). The lowest BCUT2D eigenvalue weighted by molar-refractivity contribution is -0.120. The van der Waals surface area contributed by atoms with Gasteiger partial charge in [-0.15, -0.1) is 0 Å². The van der Waals surface area contributed by atoms with Gasteiger partial charge in [0, 0.05) is 32.1 Å². The van der Waals surface area contributed by atoms with Gasteiger partial charge < -0.3 is 11.1 Å². The molecule has 1 aromatic rings. The lowest BCUT2D eigenvalue weighted by atomic mass is 10.3. The summed E-state index contributed by atoms with van der Waals surface area (Å²) in [6.45, 7) is -0.0894. The van der Waals surface area contributed by atoms with Crippen LogP contribution >= 0.6 is 11.6 Å². The van der Waals surface area contributed by atoms with Gasteiger partial charge in [0.1, 0.15) is 4.90 Å². The van der Waals surface area contributed by atoms with Crippen molar-refractivity contribution in [3.63, 3.8) is 0 Å². The molecule has 112 valence electrons. The number of carbonyl (C=O) groups excluding carboxylic acids is 1. The van der Waals surface area contributed by atoms with Gasteiger partial charge in [-0.25, -0.2) is 17.1 Å². The number of nitrogen functional groups attached to an aromatic ring is 1. The molecule has 0 aliphatic heterocycles. The van der Waals surface area contributed by atoms with E-state index in [0.717, 1.165) is 16.4 Å². The van der Waals surface area contributed by atoms with Crippen LogP contribution in [0.3, 0.4) is 0 Å². The van der Waals surface area contributed by atoms with Gasteiger partial charge in [-0.2, -0.15) is 0 Å². The Balaban J connectivity index is 3.08. The highest BCUT2D eigenvalue weighted by molar-refractivity contribution is 7.89. The van der Waals surface area contributed by atoms with E-state index in [4.69, 9.17) is 17.3 Å². The number of sulfonamides is 1. The van der Waals surface area contributed by atoms with Crippen LogP contribution < -0.4 is 11.1 Å². The Morgan fingerprint density at radius 1 is 1.50 bits per heavy atom. The summed E-state index contributed by atoms with van der Waals surface area (Å²) in [7, 11) is -1.42. The average molecular weight is 324 g/mol. The van der Waals surface area contributed by atoms with Crippen LogP contribution in [-0.2, 0) is 14.8 Å². The molecule has 0 aliphatic rings. The molecule has 1 aromatic carbocycles. The minimum absolute atomic E-state index is 0.0159. The van der Waals surface area contributed by atoms with Crippen LogP contribution in [0.25, 0.3) is 0 Å². The zero-order chi connectivity index (χ0) is 15.5. The summed E-state index contributed by atoms with van der Waals surface area (Å²) < 4.78 is 39.1. The third-order valence-corrected chi connectivity index (χ3v) is 4.73. The van der Waals surface area contributed by atoms with E-state index in [9.17, 15) is 17.6 Å². The smallest absolute Gasteiger partial charge is 0.245 e. The number of nitrogens with one attached hydrogen (secondary N) is 1. The normalized spacial score (nSPS) is 11.7. The van der Waals surface area contributed by atoms with Crippen LogP contribution in [0.5, 0.6) is 0 Å². The van der Waals surface area contributed by atoms with Crippen molar-refractivity contribution in [1.82, 2.24) is 9.62 Å². The molecule has 9 heteroatoms. The molecule has 0 saturated carbocycles. The summed E-state index contributed by atoms with van der Waals surface area (Å²) in [5, 5.41) is 2.38. The highest BCUT2D eigenvalue weighted by Crippen LogP contribution is 2.27. The number of benzene rings is 1. The highest BCUT2D eigenvalue weighted by atomic mass is 35.5. The molecule has 0 atom stereocenters. The molecule has 0 saturated heterocycles. The third kappa shape index (κ3) is 3.59. The molecular formula is C11H15ClFN3O3S. The molecule has 1 amide bonds. The van der Waals surface area contributed by atoms with Crippen molar-refractivity contribution >= 4 is 33.2 Å². The number of halogens is 2. The maximum absolute atomic E-state index is 13.8. The van der Waals surface area contributed by atoms with Gasteiger partial charge in [0.25, 0.3) is 0 Å². The molecule has 0 radical (unpaired) electrons. The lowest BCUT2D eigenvalue weighted by Gasteiger charge is -2.17. The Morgan fingerprint density at radius 3 is 2.65 bits per heavy atom. The Labute approximate surface area is 121 Å². The summed E-state index contributed by atoms with van der Waals surface area (Å²) in [6, 6.07) is 2.11. The predicted octanol–water partition coefficient (Wildman–Crippen LogP) is 0.818. The molecule has 0 spiro atoms. The number of anilines is 1. The fourth-order valence-electron chi connectivity index (χ4n) is 1.44. The Morgan fingerprint density at radius 2 is 2.10 bits per heavy atom. The SMILES string of the molecule is CNC(=O)CCN(C)S(=O)(=O)c1cc(Cl)cc(N)c1F. The standard InChI is InChI=1S/C11H15ClFN3O3S/c1-15-10(17)3-4-16(2)20(18,19)9-6-7(12)5-8(14)11(9)13/h5-6H,3-4,14H2,1-2H3,(H,15,17). The van der Waals surface area contributed by atoms with Crippen LogP contribution in [0.1, 0.15) is 6.42 Å². The van der Waals surface area contributed by atoms with Crippen LogP contribution in [0.15, 0.2) is 17.0 Å². The second-order valence-corrected chi connectivity index (χ2v) is 6.51. The Hall–Kier alpha value is -1.38. The summed E-state index contributed by atoms with van der Waals surface area (Å²) in [5.74, 6) is -1.38. The van der Waals surface area contributed by atoms with Gasteiger partial charge >= 0.3 is 0 Å². The van der Waals surface area contributed by atoms with E-state index in [-0.39, 0.29) is 29.6 Å². The second kappa shape index (κ2) is 6.38. The number of nitrogens with zero attached hydrogens (tertiary/aromatic N) is 1. The number of amides is 1. The van der Waals surface area contributed by atoms with Crippen molar-refractivity contribution in [3.05, 3.63) is 23.0 Å². The molecule has 3 N–H and O–H groups in total. The van der Waals surface area contributed by atoms with Crippen LogP contribution in [-0.4, -0.2) is 39.3 Å². The fraction of sp³-hybridized carbons (Fsp3) is 0.364. The van der Waals surface area contributed by atoms with Gasteiger partial charge in [0.15, 0.2) is 5.82 Å². The fourth-order valence-corrected chi connectivity index (χ4v) is 3.02. The van der Waals surface area contributed by atoms with Gasteiger partial charge in [-0.1, -0.05) is 11.6 Å². The molecule has 0 unspecified atom stereocenters. The van der Waals surface area contributed by atoms with E-state index in [1.54, 1.807) is 0 Å². The minimum atomic E-state index is -4.10. The molecule has 0 aromatic heterocycles. The number of rotatable bonds is 5.